The Labute approximate surface area is 217 Å². The summed E-state index contributed by atoms with van der Waals surface area (Å²) in [5.41, 5.74) is 9.78. The molecule has 0 fully saturated rings. The van der Waals surface area contributed by atoms with E-state index in [2.05, 4.69) is 162 Å². The van der Waals surface area contributed by atoms with Crippen LogP contribution in [-0.4, -0.2) is 0 Å². The summed E-state index contributed by atoms with van der Waals surface area (Å²) in [6, 6.07) is 34.4. The molecule has 36 heavy (non-hydrogen) atoms. The summed E-state index contributed by atoms with van der Waals surface area (Å²) in [6.45, 7) is 13.4. The second kappa shape index (κ2) is 10.3. The van der Waals surface area contributed by atoms with Crippen molar-refractivity contribution in [1.82, 2.24) is 0 Å². The maximum atomic E-state index is 3.15. The van der Waals surface area contributed by atoms with E-state index in [-0.39, 0.29) is 10.8 Å². The van der Waals surface area contributed by atoms with Gasteiger partial charge in [-0.2, -0.15) is 0 Å². The molecule has 0 amide bonds. The zero-order chi connectivity index (χ0) is 25.8. The van der Waals surface area contributed by atoms with Crippen LogP contribution in [0.15, 0.2) is 97.1 Å². The first kappa shape index (κ1) is 25.1. The number of rotatable bonds is 2. The van der Waals surface area contributed by atoms with Gasteiger partial charge in [-0.3, -0.25) is 0 Å². The van der Waals surface area contributed by atoms with Crippen molar-refractivity contribution in [3.05, 3.63) is 119 Å². The standard InChI is InChI=1S/C36H34/c1-35(2,3)33-23-19-31(20-24-33)29-15-11-27(12-16-29)9-7-8-10-28-13-17-30(18-14-28)32-21-25-34(26-22-32)36(4,5)6/h11-26H,1-6H3. The lowest BCUT2D eigenvalue weighted by Crippen LogP contribution is -2.10. The van der Waals surface area contributed by atoms with Crippen LogP contribution in [0.1, 0.15) is 63.8 Å². The first-order valence-corrected chi connectivity index (χ1v) is 12.5. The molecule has 178 valence electrons. The van der Waals surface area contributed by atoms with Crippen molar-refractivity contribution in [2.24, 2.45) is 0 Å². The minimum Gasteiger partial charge on any atom is -0.0579 e. The molecule has 0 aliphatic carbocycles. The minimum absolute atomic E-state index is 0.166. The molecule has 0 saturated carbocycles. The SMILES string of the molecule is CC(C)(C)c1ccc(-c2ccc(C#CC#Cc3ccc(-c4ccc(C(C)(C)C)cc4)cc3)cc2)cc1. The van der Waals surface area contributed by atoms with E-state index in [1.807, 2.05) is 0 Å². The van der Waals surface area contributed by atoms with Crippen LogP contribution in [0.4, 0.5) is 0 Å². The first-order valence-electron chi connectivity index (χ1n) is 12.5. The predicted molar refractivity (Wildman–Crippen MR) is 155 cm³/mol. The summed E-state index contributed by atoms with van der Waals surface area (Å²) in [4.78, 5) is 0. The smallest absolute Gasteiger partial charge is 0.0255 e. The Morgan fingerprint density at radius 1 is 0.361 bits per heavy atom. The molecule has 4 rings (SSSR count). The third kappa shape index (κ3) is 6.36. The highest BCUT2D eigenvalue weighted by molar-refractivity contribution is 5.66. The van der Waals surface area contributed by atoms with Crippen LogP contribution in [0, 0.1) is 23.7 Å². The normalized spacial score (nSPS) is 11.2. The molecule has 0 aromatic heterocycles. The molecule has 0 unspecified atom stereocenters. The zero-order valence-electron chi connectivity index (χ0n) is 22.2. The van der Waals surface area contributed by atoms with Gasteiger partial charge in [0, 0.05) is 11.1 Å². The summed E-state index contributed by atoms with van der Waals surface area (Å²) in [6.07, 6.45) is 0. The Morgan fingerprint density at radius 3 is 0.861 bits per heavy atom. The molecule has 0 nitrogen and oxygen atoms in total. The Morgan fingerprint density at radius 2 is 0.611 bits per heavy atom. The van der Waals surface area contributed by atoms with E-state index in [0.717, 1.165) is 11.1 Å². The second-order valence-electron chi connectivity index (χ2n) is 11.3. The molecular weight excluding hydrogens is 432 g/mol. The molecule has 0 atom stereocenters. The highest BCUT2D eigenvalue weighted by Crippen LogP contribution is 2.27. The van der Waals surface area contributed by atoms with Crippen LogP contribution in [-0.2, 0) is 10.8 Å². The fourth-order valence-corrected chi connectivity index (χ4v) is 4.02. The van der Waals surface area contributed by atoms with Gasteiger partial charge in [0.25, 0.3) is 0 Å². The lowest BCUT2D eigenvalue weighted by Gasteiger charge is -2.19. The van der Waals surface area contributed by atoms with Crippen LogP contribution >= 0.6 is 0 Å². The molecule has 0 radical (unpaired) electrons. The van der Waals surface area contributed by atoms with E-state index in [9.17, 15) is 0 Å². The Hall–Kier alpha value is -4.00. The fraction of sp³-hybridized carbons (Fsp3) is 0.222. The Kier molecular flexibility index (Phi) is 7.20. The van der Waals surface area contributed by atoms with Crippen LogP contribution in [0.5, 0.6) is 0 Å². The predicted octanol–water partition coefficient (Wildman–Crippen LogP) is 9.02. The van der Waals surface area contributed by atoms with E-state index >= 15 is 0 Å². The van der Waals surface area contributed by atoms with E-state index in [4.69, 9.17) is 0 Å². The number of hydrogen-bond acceptors (Lipinski definition) is 0. The third-order valence-electron chi connectivity index (χ3n) is 6.41. The van der Waals surface area contributed by atoms with Crippen molar-refractivity contribution in [3.8, 4) is 45.9 Å². The maximum absolute atomic E-state index is 3.15. The monoisotopic (exact) mass is 466 g/mol. The van der Waals surface area contributed by atoms with Crippen molar-refractivity contribution in [1.29, 1.82) is 0 Å². The van der Waals surface area contributed by atoms with Crippen molar-refractivity contribution < 1.29 is 0 Å². The Bertz CT molecular complexity index is 1310. The van der Waals surface area contributed by atoms with Gasteiger partial charge in [0.1, 0.15) is 0 Å². The molecule has 0 aliphatic heterocycles. The largest absolute Gasteiger partial charge is 0.0579 e. The molecular formula is C36H34. The molecule has 4 aromatic rings. The van der Waals surface area contributed by atoms with Gasteiger partial charge in [-0.25, -0.2) is 0 Å². The van der Waals surface area contributed by atoms with Crippen molar-refractivity contribution >= 4 is 0 Å². The van der Waals surface area contributed by atoms with Gasteiger partial charge in [0.2, 0.25) is 0 Å². The quantitative estimate of drug-likeness (QED) is 0.259. The molecule has 0 heterocycles. The fourth-order valence-electron chi connectivity index (χ4n) is 4.02. The summed E-state index contributed by atoms with van der Waals surface area (Å²) in [5, 5.41) is 0. The van der Waals surface area contributed by atoms with Crippen LogP contribution < -0.4 is 0 Å². The highest BCUT2D eigenvalue weighted by Gasteiger charge is 2.14. The van der Waals surface area contributed by atoms with Crippen molar-refractivity contribution in [3.63, 3.8) is 0 Å². The van der Waals surface area contributed by atoms with Gasteiger partial charge >= 0.3 is 0 Å². The molecule has 0 saturated heterocycles. The van der Waals surface area contributed by atoms with Crippen LogP contribution in [0.3, 0.4) is 0 Å². The first-order chi connectivity index (χ1) is 17.1. The lowest BCUT2D eigenvalue weighted by atomic mass is 9.86. The molecule has 0 N–H and O–H groups in total. The average Bonchev–Trinajstić information content (AvgIpc) is 2.86. The molecule has 0 spiro atoms. The topological polar surface area (TPSA) is 0 Å². The van der Waals surface area contributed by atoms with Gasteiger partial charge in [0.15, 0.2) is 0 Å². The van der Waals surface area contributed by atoms with Crippen LogP contribution in [0.25, 0.3) is 22.3 Å². The highest BCUT2D eigenvalue weighted by atomic mass is 14.2. The lowest BCUT2D eigenvalue weighted by molar-refractivity contribution is 0.590. The van der Waals surface area contributed by atoms with Gasteiger partial charge < -0.3 is 0 Å². The number of benzene rings is 4. The minimum atomic E-state index is 0.166. The van der Waals surface area contributed by atoms with Gasteiger partial charge in [-0.1, -0.05) is 126 Å². The molecule has 0 heteroatoms. The summed E-state index contributed by atoms with van der Waals surface area (Å²) in [7, 11) is 0. The van der Waals surface area contributed by atoms with E-state index in [0.29, 0.717) is 0 Å². The van der Waals surface area contributed by atoms with Crippen LogP contribution in [0.2, 0.25) is 0 Å². The van der Waals surface area contributed by atoms with E-state index in [1.54, 1.807) is 0 Å². The maximum Gasteiger partial charge on any atom is 0.0255 e. The second-order valence-corrected chi connectivity index (χ2v) is 11.3. The van der Waals surface area contributed by atoms with E-state index in [1.165, 1.54) is 33.4 Å². The summed E-state index contributed by atoms with van der Waals surface area (Å²) in [5.74, 6) is 12.3. The van der Waals surface area contributed by atoms with Gasteiger partial charge in [0.05, 0.1) is 0 Å². The van der Waals surface area contributed by atoms with Crippen molar-refractivity contribution in [2.75, 3.05) is 0 Å². The van der Waals surface area contributed by atoms with Crippen molar-refractivity contribution in [2.45, 2.75) is 52.4 Å². The van der Waals surface area contributed by atoms with E-state index < -0.39 is 0 Å². The molecule has 0 aliphatic rings. The summed E-state index contributed by atoms with van der Waals surface area (Å²) < 4.78 is 0. The molecule has 0 bridgehead atoms. The molecule has 4 aromatic carbocycles. The third-order valence-corrected chi connectivity index (χ3v) is 6.41. The van der Waals surface area contributed by atoms with Gasteiger partial charge in [-0.05, 0) is 80.3 Å². The number of hydrogen-bond donors (Lipinski definition) is 0. The summed E-state index contributed by atoms with van der Waals surface area (Å²) >= 11 is 0. The van der Waals surface area contributed by atoms with Gasteiger partial charge in [-0.15, -0.1) is 0 Å². The average molecular weight is 467 g/mol. The zero-order valence-corrected chi connectivity index (χ0v) is 22.2. The Balaban J connectivity index is 1.39.